The third-order valence-electron chi connectivity index (χ3n) is 2.71. The number of ether oxygens (including phenoxy) is 2. The summed E-state index contributed by atoms with van der Waals surface area (Å²) in [6, 6.07) is 7.29. The summed E-state index contributed by atoms with van der Waals surface area (Å²) in [6.07, 6.45) is 0. The van der Waals surface area contributed by atoms with Gasteiger partial charge in [0.25, 0.3) is 0 Å². The fourth-order valence-corrected chi connectivity index (χ4v) is 2.67. The molecule has 0 fully saturated rings. The highest BCUT2D eigenvalue weighted by Crippen LogP contribution is 2.36. The Labute approximate surface area is 107 Å². The zero-order valence-corrected chi connectivity index (χ0v) is 10.2. The van der Waals surface area contributed by atoms with Crippen molar-refractivity contribution in [2.45, 2.75) is 0 Å². The summed E-state index contributed by atoms with van der Waals surface area (Å²) in [5.41, 5.74) is 1.54. The Morgan fingerprint density at radius 3 is 2.72 bits per heavy atom. The predicted molar refractivity (Wildman–Crippen MR) is 67.7 cm³/mol. The Bertz CT molecular complexity index is 603. The fraction of sp³-hybridized carbons (Fsp3) is 0.154. The molecule has 1 aromatic heterocycles. The quantitative estimate of drug-likeness (QED) is 0.904. The topological polar surface area (TPSA) is 55.8 Å². The van der Waals surface area contributed by atoms with Crippen molar-refractivity contribution in [2.24, 2.45) is 0 Å². The van der Waals surface area contributed by atoms with E-state index in [0.717, 1.165) is 5.56 Å². The molecule has 0 amide bonds. The van der Waals surface area contributed by atoms with E-state index < -0.39 is 5.97 Å². The number of carboxylic acids is 1. The molecule has 1 aromatic carbocycles. The van der Waals surface area contributed by atoms with E-state index in [9.17, 15) is 4.79 Å². The van der Waals surface area contributed by atoms with E-state index in [2.05, 4.69) is 0 Å². The number of benzene rings is 1. The zero-order chi connectivity index (χ0) is 12.5. The molecule has 1 aliphatic heterocycles. The SMILES string of the molecule is O=C(O)c1sccc1-c1ccc2c(c1)OCCO2. The van der Waals surface area contributed by atoms with Gasteiger partial charge in [-0.1, -0.05) is 6.07 Å². The average Bonchev–Trinajstić information content (AvgIpc) is 2.87. The third kappa shape index (κ3) is 1.82. The molecule has 4 nitrogen and oxygen atoms in total. The van der Waals surface area contributed by atoms with Crippen molar-refractivity contribution in [2.75, 3.05) is 13.2 Å². The molecule has 2 heterocycles. The van der Waals surface area contributed by atoms with Gasteiger partial charge in [0.15, 0.2) is 11.5 Å². The van der Waals surface area contributed by atoms with Crippen LogP contribution in [0.25, 0.3) is 11.1 Å². The highest BCUT2D eigenvalue weighted by atomic mass is 32.1. The van der Waals surface area contributed by atoms with Crippen molar-refractivity contribution in [1.29, 1.82) is 0 Å². The summed E-state index contributed by atoms with van der Waals surface area (Å²) in [4.78, 5) is 11.4. The Morgan fingerprint density at radius 1 is 1.17 bits per heavy atom. The molecule has 2 aromatic rings. The minimum absolute atomic E-state index is 0.340. The number of hydrogen-bond acceptors (Lipinski definition) is 4. The second-order valence-corrected chi connectivity index (χ2v) is 4.74. The number of aromatic carboxylic acids is 1. The molecule has 0 spiro atoms. The molecule has 0 atom stereocenters. The highest BCUT2D eigenvalue weighted by molar-refractivity contribution is 7.12. The Morgan fingerprint density at radius 2 is 1.94 bits per heavy atom. The van der Waals surface area contributed by atoms with Crippen LogP contribution in [0.1, 0.15) is 9.67 Å². The maximum atomic E-state index is 11.1. The van der Waals surface area contributed by atoms with Gasteiger partial charge in [-0.05, 0) is 29.1 Å². The average molecular weight is 262 g/mol. The van der Waals surface area contributed by atoms with Crippen LogP contribution >= 0.6 is 11.3 Å². The van der Waals surface area contributed by atoms with Gasteiger partial charge in [-0.25, -0.2) is 4.79 Å². The number of carboxylic acid groups (broad SMARTS) is 1. The van der Waals surface area contributed by atoms with E-state index in [-0.39, 0.29) is 0 Å². The van der Waals surface area contributed by atoms with Gasteiger partial charge in [0, 0.05) is 5.56 Å². The van der Waals surface area contributed by atoms with Crippen LogP contribution in [0.2, 0.25) is 0 Å². The van der Waals surface area contributed by atoms with Crippen LogP contribution in [0.4, 0.5) is 0 Å². The Hall–Kier alpha value is -2.01. The lowest BCUT2D eigenvalue weighted by molar-refractivity contribution is 0.0703. The first-order valence-corrected chi connectivity index (χ1v) is 6.34. The Kier molecular flexibility index (Phi) is 2.68. The largest absolute Gasteiger partial charge is 0.486 e. The van der Waals surface area contributed by atoms with Crippen molar-refractivity contribution >= 4 is 17.3 Å². The molecule has 0 unspecified atom stereocenters. The van der Waals surface area contributed by atoms with Crippen molar-refractivity contribution in [3.8, 4) is 22.6 Å². The first-order valence-electron chi connectivity index (χ1n) is 5.46. The standard InChI is InChI=1S/C13H10O4S/c14-13(15)12-9(3-6-18-12)8-1-2-10-11(7-8)17-5-4-16-10/h1-3,6-7H,4-5H2,(H,14,15). The third-order valence-corrected chi connectivity index (χ3v) is 3.62. The minimum atomic E-state index is -0.908. The molecule has 18 heavy (non-hydrogen) atoms. The second kappa shape index (κ2) is 4.34. The normalized spacial score (nSPS) is 13.3. The Balaban J connectivity index is 2.06. The van der Waals surface area contributed by atoms with E-state index in [4.69, 9.17) is 14.6 Å². The van der Waals surface area contributed by atoms with Gasteiger partial charge in [0.05, 0.1) is 0 Å². The van der Waals surface area contributed by atoms with Crippen LogP contribution in [0, 0.1) is 0 Å². The van der Waals surface area contributed by atoms with Crippen LogP contribution in [0.15, 0.2) is 29.6 Å². The lowest BCUT2D eigenvalue weighted by atomic mass is 10.1. The molecule has 0 aliphatic carbocycles. The summed E-state index contributed by atoms with van der Waals surface area (Å²) in [5.74, 6) is 0.466. The van der Waals surface area contributed by atoms with Gasteiger partial charge in [0.1, 0.15) is 18.1 Å². The molecule has 0 radical (unpaired) electrons. The summed E-state index contributed by atoms with van der Waals surface area (Å²) in [6.45, 7) is 1.07. The van der Waals surface area contributed by atoms with Crippen LogP contribution in [-0.2, 0) is 0 Å². The van der Waals surface area contributed by atoms with E-state index >= 15 is 0 Å². The van der Waals surface area contributed by atoms with Gasteiger partial charge in [-0.3, -0.25) is 0 Å². The van der Waals surface area contributed by atoms with Gasteiger partial charge in [0.2, 0.25) is 0 Å². The van der Waals surface area contributed by atoms with E-state index in [1.165, 1.54) is 11.3 Å². The van der Waals surface area contributed by atoms with Crippen LogP contribution in [0.3, 0.4) is 0 Å². The number of rotatable bonds is 2. The van der Waals surface area contributed by atoms with Crippen molar-refractivity contribution < 1.29 is 19.4 Å². The first kappa shape index (κ1) is 11.1. The molecule has 1 N–H and O–H groups in total. The smallest absolute Gasteiger partial charge is 0.346 e. The number of hydrogen-bond donors (Lipinski definition) is 1. The monoisotopic (exact) mass is 262 g/mol. The number of carbonyl (C=O) groups is 1. The molecular weight excluding hydrogens is 252 g/mol. The van der Waals surface area contributed by atoms with Crippen LogP contribution in [-0.4, -0.2) is 24.3 Å². The number of fused-ring (bicyclic) bond motifs is 1. The van der Waals surface area contributed by atoms with Gasteiger partial charge in [-0.2, -0.15) is 0 Å². The molecule has 0 bridgehead atoms. The second-order valence-electron chi connectivity index (χ2n) is 3.83. The van der Waals surface area contributed by atoms with Crippen LogP contribution < -0.4 is 9.47 Å². The lowest BCUT2D eigenvalue weighted by Crippen LogP contribution is -2.15. The molecule has 1 aliphatic rings. The fourth-order valence-electron chi connectivity index (χ4n) is 1.91. The predicted octanol–water partition coefficient (Wildman–Crippen LogP) is 2.88. The highest BCUT2D eigenvalue weighted by Gasteiger charge is 2.17. The molecular formula is C13H10O4S. The number of thiophene rings is 1. The van der Waals surface area contributed by atoms with Crippen LogP contribution in [0.5, 0.6) is 11.5 Å². The molecule has 5 heteroatoms. The molecule has 92 valence electrons. The van der Waals surface area contributed by atoms with Crippen molar-refractivity contribution in [3.63, 3.8) is 0 Å². The summed E-state index contributed by atoms with van der Waals surface area (Å²) in [7, 11) is 0. The lowest BCUT2D eigenvalue weighted by Gasteiger charge is -2.18. The maximum Gasteiger partial charge on any atom is 0.346 e. The van der Waals surface area contributed by atoms with E-state index in [1.807, 2.05) is 18.2 Å². The van der Waals surface area contributed by atoms with Gasteiger partial charge in [-0.15, -0.1) is 11.3 Å². The van der Waals surface area contributed by atoms with Gasteiger partial charge < -0.3 is 14.6 Å². The molecule has 0 saturated heterocycles. The zero-order valence-electron chi connectivity index (χ0n) is 9.38. The van der Waals surface area contributed by atoms with Crippen molar-refractivity contribution in [1.82, 2.24) is 0 Å². The minimum Gasteiger partial charge on any atom is -0.486 e. The van der Waals surface area contributed by atoms with Crippen molar-refractivity contribution in [3.05, 3.63) is 34.5 Å². The maximum absolute atomic E-state index is 11.1. The summed E-state index contributed by atoms with van der Waals surface area (Å²) >= 11 is 1.22. The molecule has 0 saturated carbocycles. The first-order chi connectivity index (χ1) is 8.75. The summed E-state index contributed by atoms with van der Waals surface area (Å²) < 4.78 is 10.9. The molecule has 3 rings (SSSR count). The van der Waals surface area contributed by atoms with E-state index in [1.54, 1.807) is 11.4 Å². The van der Waals surface area contributed by atoms with Gasteiger partial charge >= 0.3 is 5.97 Å². The van der Waals surface area contributed by atoms with E-state index in [0.29, 0.717) is 35.2 Å². The summed E-state index contributed by atoms with van der Waals surface area (Å²) in [5, 5.41) is 10.9.